The van der Waals surface area contributed by atoms with Crippen LogP contribution in [0.25, 0.3) is 0 Å². The Hall–Kier alpha value is -1.51. The van der Waals surface area contributed by atoms with Crippen LogP contribution in [0.4, 0.5) is 0 Å². The van der Waals surface area contributed by atoms with Gasteiger partial charge in [0, 0.05) is 24.8 Å². The number of hydrogen-bond donors (Lipinski definition) is 3. The average Bonchev–Trinajstić information content (AvgIpc) is 2.95. The summed E-state index contributed by atoms with van der Waals surface area (Å²) in [5.41, 5.74) is 5.63. The molecule has 0 aliphatic carbocycles. The highest BCUT2D eigenvalue weighted by atomic mass is 32.1. The van der Waals surface area contributed by atoms with Crippen molar-refractivity contribution in [2.75, 3.05) is 13.1 Å². The lowest BCUT2D eigenvalue weighted by molar-refractivity contribution is -0.141. The van der Waals surface area contributed by atoms with Gasteiger partial charge in [0.1, 0.15) is 11.7 Å². The van der Waals surface area contributed by atoms with Crippen molar-refractivity contribution in [3.8, 4) is 0 Å². The summed E-state index contributed by atoms with van der Waals surface area (Å²) in [6.45, 7) is 0.473. The largest absolute Gasteiger partial charge is 0.480 e. The number of carbonyl (C=O) groups excluding carboxylic acids is 1. The number of likely N-dealkylation sites (tertiary alicyclic amines) is 1. The maximum Gasteiger partial charge on any atom is 0.326 e. The molecular weight excluding hydrogens is 270 g/mol. The molecule has 8 heteroatoms. The molecule has 0 bridgehead atoms. The molecule has 0 unspecified atom stereocenters. The molecule has 1 fully saturated rings. The van der Waals surface area contributed by atoms with Gasteiger partial charge in [0.2, 0.25) is 0 Å². The van der Waals surface area contributed by atoms with Crippen molar-refractivity contribution >= 4 is 23.2 Å². The van der Waals surface area contributed by atoms with Crippen LogP contribution in [0.15, 0.2) is 5.38 Å². The zero-order chi connectivity index (χ0) is 14.0. The van der Waals surface area contributed by atoms with Crippen LogP contribution in [-0.4, -0.2) is 57.2 Å². The van der Waals surface area contributed by atoms with Gasteiger partial charge in [-0.25, -0.2) is 9.78 Å². The smallest absolute Gasteiger partial charge is 0.326 e. The van der Waals surface area contributed by atoms with Crippen molar-refractivity contribution in [1.29, 1.82) is 0 Å². The summed E-state index contributed by atoms with van der Waals surface area (Å²) < 4.78 is 0. The quantitative estimate of drug-likeness (QED) is 0.674. The van der Waals surface area contributed by atoms with Crippen molar-refractivity contribution in [2.24, 2.45) is 5.73 Å². The van der Waals surface area contributed by atoms with E-state index in [1.807, 2.05) is 0 Å². The number of thiazole rings is 1. The minimum Gasteiger partial charge on any atom is -0.480 e. The van der Waals surface area contributed by atoms with E-state index in [9.17, 15) is 14.7 Å². The number of nitrogens with zero attached hydrogens (tertiary/aromatic N) is 2. The second-order valence-corrected chi connectivity index (χ2v) is 5.31. The molecule has 1 aromatic heterocycles. The van der Waals surface area contributed by atoms with Crippen LogP contribution in [0.5, 0.6) is 0 Å². The lowest BCUT2D eigenvalue weighted by Gasteiger charge is -2.19. The van der Waals surface area contributed by atoms with Crippen LogP contribution in [0.2, 0.25) is 0 Å². The topological polar surface area (TPSA) is 117 Å². The molecular formula is C11H15N3O4S. The number of nitrogens with two attached hydrogens (primary N) is 1. The molecule has 1 aliphatic rings. The van der Waals surface area contributed by atoms with Crippen LogP contribution in [0.3, 0.4) is 0 Å². The second kappa shape index (κ2) is 5.64. The molecule has 0 aromatic carbocycles. The Kier molecular flexibility index (Phi) is 4.13. The average molecular weight is 285 g/mol. The lowest BCUT2D eigenvalue weighted by Crippen LogP contribution is -2.40. The highest BCUT2D eigenvalue weighted by molar-refractivity contribution is 7.09. The third-order valence-electron chi connectivity index (χ3n) is 2.95. The fourth-order valence-corrected chi connectivity index (χ4v) is 2.85. The third-order valence-corrected chi connectivity index (χ3v) is 3.86. The molecule has 0 radical (unpaired) electrons. The van der Waals surface area contributed by atoms with E-state index in [1.54, 1.807) is 5.38 Å². The molecule has 2 rings (SSSR count). The second-order valence-electron chi connectivity index (χ2n) is 4.37. The van der Waals surface area contributed by atoms with Crippen LogP contribution < -0.4 is 5.73 Å². The van der Waals surface area contributed by atoms with Gasteiger partial charge in [0.05, 0.1) is 11.1 Å². The minimum atomic E-state index is -1.11. The minimum absolute atomic E-state index is 0.0273. The SMILES string of the molecule is NCCc1nc(C(=O)N2C[C@H](O)C[C@@H]2C(=O)O)cs1. The number of amides is 1. The first-order valence-electron chi connectivity index (χ1n) is 5.89. The Labute approximate surface area is 113 Å². The van der Waals surface area contributed by atoms with E-state index < -0.39 is 24.0 Å². The van der Waals surface area contributed by atoms with E-state index in [4.69, 9.17) is 10.8 Å². The third kappa shape index (κ3) is 2.91. The summed E-state index contributed by atoms with van der Waals surface area (Å²) in [6, 6.07) is -0.984. The first-order chi connectivity index (χ1) is 9.02. The fraction of sp³-hybridized carbons (Fsp3) is 0.545. The van der Waals surface area contributed by atoms with Crippen LogP contribution in [0, 0.1) is 0 Å². The van der Waals surface area contributed by atoms with E-state index in [2.05, 4.69) is 4.98 Å². The van der Waals surface area contributed by atoms with Gasteiger partial charge in [-0.05, 0) is 6.54 Å². The molecule has 0 saturated carbocycles. The molecule has 2 atom stereocenters. The summed E-state index contributed by atoms with van der Waals surface area (Å²) >= 11 is 1.32. The van der Waals surface area contributed by atoms with E-state index in [-0.39, 0.29) is 18.7 Å². The lowest BCUT2D eigenvalue weighted by atomic mass is 10.2. The van der Waals surface area contributed by atoms with Gasteiger partial charge in [-0.2, -0.15) is 0 Å². The van der Waals surface area contributed by atoms with Crippen LogP contribution in [-0.2, 0) is 11.2 Å². The van der Waals surface area contributed by atoms with Crippen molar-refractivity contribution < 1.29 is 19.8 Å². The maximum absolute atomic E-state index is 12.2. The van der Waals surface area contributed by atoms with Gasteiger partial charge in [-0.3, -0.25) is 4.79 Å². The molecule has 1 aliphatic heterocycles. The number of aromatic nitrogens is 1. The van der Waals surface area contributed by atoms with Crippen LogP contribution in [0.1, 0.15) is 21.9 Å². The summed E-state index contributed by atoms with van der Waals surface area (Å²) in [5.74, 6) is -1.56. The zero-order valence-electron chi connectivity index (χ0n) is 10.2. The van der Waals surface area contributed by atoms with Crippen molar-refractivity contribution in [2.45, 2.75) is 25.0 Å². The number of aliphatic hydroxyl groups is 1. The molecule has 1 amide bonds. The number of aliphatic hydroxyl groups excluding tert-OH is 1. The van der Waals surface area contributed by atoms with Crippen LogP contribution >= 0.6 is 11.3 Å². The summed E-state index contributed by atoms with van der Waals surface area (Å²) in [6.07, 6.45) is -0.156. The Morgan fingerprint density at radius 3 is 2.95 bits per heavy atom. The molecule has 19 heavy (non-hydrogen) atoms. The molecule has 1 saturated heterocycles. The molecule has 4 N–H and O–H groups in total. The Morgan fingerprint density at radius 1 is 1.58 bits per heavy atom. The number of carboxylic acid groups (broad SMARTS) is 1. The van der Waals surface area contributed by atoms with Crippen molar-refractivity contribution in [1.82, 2.24) is 9.88 Å². The maximum atomic E-state index is 12.2. The van der Waals surface area contributed by atoms with E-state index >= 15 is 0 Å². The van der Waals surface area contributed by atoms with E-state index in [1.165, 1.54) is 11.3 Å². The first kappa shape index (κ1) is 13.9. The normalized spacial score (nSPS) is 22.7. The number of carboxylic acids is 1. The predicted molar refractivity (Wildman–Crippen MR) is 68.0 cm³/mol. The first-order valence-corrected chi connectivity index (χ1v) is 6.77. The monoisotopic (exact) mass is 285 g/mol. The number of hydrogen-bond acceptors (Lipinski definition) is 6. The number of aliphatic carboxylic acids is 1. The highest BCUT2D eigenvalue weighted by Crippen LogP contribution is 2.21. The standard InChI is InChI=1S/C11H15N3O4S/c12-2-1-9-13-7(5-19-9)10(16)14-4-6(15)3-8(14)11(17)18/h5-6,8,15H,1-4,12H2,(H,17,18)/t6-,8-/m1/s1. The molecule has 7 nitrogen and oxygen atoms in total. The Balaban J connectivity index is 2.15. The Bertz CT molecular complexity index is 490. The predicted octanol–water partition coefficient (Wildman–Crippen LogP) is -0.696. The van der Waals surface area contributed by atoms with E-state index in [0.717, 1.165) is 9.91 Å². The van der Waals surface area contributed by atoms with E-state index in [0.29, 0.717) is 13.0 Å². The van der Waals surface area contributed by atoms with Gasteiger partial charge in [-0.1, -0.05) is 0 Å². The van der Waals surface area contributed by atoms with Gasteiger partial charge in [-0.15, -0.1) is 11.3 Å². The Morgan fingerprint density at radius 2 is 2.32 bits per heavy atom. The van der Waals surface area contributed by atoms with Gasteiger partial charge in [0.15, 0.2) is 0 Å². The molecule has 104 valence electrons. The van der Waals surface area contributed by atoms with Gasteiger partial charge in [0.25, 0.3) is 5.91 Å². The molecule has 0 spiro atoms. The summed E-state index contributed by atoms with van der Waals surface area (Å²) in [4.78, 5) is 28.5. The van der Waals surface area contributed by atoms with Gasteiger partial charge >= 0.3 is 5.97 Å². The number of carbonyl (C=O) groups is 2. The van der Waals surface area contributed by atoms with Crippen molar-refractivity contribution in [3.05, 3.63) is 16.1 Å². The molecule has 1 aromatic rings. The van der Waals surface area contributed by atoms with Crippen molar-refractivity contribution in [3.63, 3.8) is 0 Å². The molecule has 2 heterocycles. The summed E-state index contributed by atoms with van der Waals surface area (Å²) in [7, 11) is 0. The summed E-state index contributed by atoms with van der Waals surface area (Å²) in [5, 5.41) is 20.9. The zero-order valence-corrected chi connectivity index (χ0v) is 11.0. The van der Waals surface area contributed by atoms with Gasteiger partial charge < -0.3 is 20.8 Å². The highest BCUT2D eigenvalue weighted by Gasteiger charge is 2.39. The number of rotatable bonds is 4. The number of β-amino-alcohol motifs (C(OH)–C–C–N with tert-alkyl or cyclic N) is 1. The fourth-order valence-electron chi connectivity index (χ4n) is 2.07.